The average Bonchev–Trinajstić information content (AvgIpc) is 2.44. The van der Waals surface area contributed by atoms with E-state index in [2.05, 4.69) is 0 Å². The zero-order valence-corrected chi connectivity index (χ0v) is 11.8. The lowest BCUT2D eigenvalue weighted by molar-refractivity contribution is 0.0990. The molecule has 0 unspecified atom stereocenters. The first kappa shape index (κ1) is 14.7. The molecule has 3 nitrogen and oxygen atoms in total. The second-order valence-electron chi connectivity index (χ2n) is 4.59. The van der Waals surface area contributed by atoms with Gasteiger partial charge >= 0.3 is 0 Å². The summed E-state index contributed by atoms with van der Waals surface area (Å²) in [5.41, 5.74) is 7.93. The molecule has 20 heavy (non-hydrogen) atoms. The van der Waals surface area contributed by atoms with Gasteiger partial charge in [0.25, 0.3) is 0 Å². The molecule has 1 aliphatic carbocycles. The number of benzene rings is 2. The number of halogens is 1. The van der Waals surface area contributed by atoms with Gasteiger partial charge in [0.15, 0.2) is 5.78 Å². The van der Waals surface area contributed by atoms with E-state index in [4.69, 9.17) is 10.5 Å². The summed E-state index contributed by atoms with van der Waals surface area (Å²) in [4.78, 5) is 12.4. The van der Waals surface area contributed by atoms with Crippen molar-refractivity contribution in [3.05, 3.63) is 53.1 Å². The third-order valence-corrected chi connectivity index (χ3v) is 3.32. The van der Waals surface area contributed by atoms with Gasteiger partial charge in [0.05, 0.1) is 13.2 Å². The molecule has 0 heterocycles. The number of Topliss-reactive ketones (excluding diaryl/α,β-unsaturated/α-hetero) is 1. The maximum Gasteiger partial charge on any atom is 0.192 e. The van der Waals surface area contributed by atoms with Crippen molar-refractivity contribution in [3.63, 3.8) is 0 Å². The highest BCUT2D eigenvalue weighted by Gasteiger charge is 2.21. The quantitative estimate of drug-likeness (QED) is 0.881. The summed E-state index contributed by atoms with van der Waals surface area (Å²) in [5, 5.41) is 2.14. The molecule has 2 N–H and O–H groups in total. The Morgan fingerprint density at radius 3 is 2.60 bits per heavy atom. The van der Waals surface area contributed by atoms with Gasteiger partial charge in [-0.1, -0.05) is 36.4 Å². The van der Waals surface area contributed by atoms with Crippen LogP contribution in [0.2, 0.25) is 0 Å². The van der Waals surface area contributed by atoms with Crippen LogP contribution in [-0.2, 0) is 4.74 Å². The first-order valence-corrected chi connectivity index (χ1v) is 6.36. The van der Waals surface area contributed by atoms with Crippen molar-refractivity contribution in [2.24, 2.45) is 5.73 Å². The summed E-state index contributed by atoms with van der Waals surface area (Å²) in [5.74, 6) is 0.0568. The SMILES string of the molecule is Cl.NCCOCC1=Cc2cccc3cccc(c23)C1=O. The van der Waals surface area contributed by atoms with Crippen LogP contribution in [0.4, 0.5) is 0 Å². The van der Waals surface area contributed by atoms with Crippen LogP contribution in [0.15, 0.2) is 42.0 Å². The fourth-order valence-corrected chi connectivity index (χ4v) is 2.48. The second-order valence-corrected chi connectivity index (χ2v) is 4.59. The predicted molar refractivity (Wildman–Crippen MR) is 83.4 cm³/mol. The van der Waals surface area contributed by atoms with Gasteiger partial charge in [0.1, 0.15) is 0 Å². The maximum atomic E-state index is 12.4. The molecule has 2 aromatic rings. The number of rotatable bonds is 4. The smallest absolute Gasteiger partial charge is 0.192 e. The molecule has 4 heteroatoms. The van der Waals surface area contributed by atoms with E-state index in [9.17, 15) is 4.79 Å². The molecule has 0 aliphatic heterocycles. The van der Waals surface area contributed by atoms with Crippen LogP contribution in [0.1, 0.15) is 15.9 Å². The number of hydrogen-bond acceptors (Lipinski definition) is 3. The zero-order chi connectivity index (χ0) is 13.2. The molecule has 0 bridgehead atoms. The van der Waals surface area contributed by atoms with E-state index in [1.165, 1.54) is 0 Å². The standard InChI is InChI=1S/C16H15NO2.ClH/c17-7-8-19-10-13-9-12-5-1-3-11-4-2-6-14(15(11)12)16(13)18;/h1-6,9H,7-8,10,17H2;1H. The van der Waals surface area contributed by atoms with Gasteiger partial charge < -0.3 is 10.5 Å². The monoisotopic (exact) mass is 289 g/mol. The molecule has 2 aromatic carbocycles. The number of carbonyl (C=O) groups is 1. The van der Waals surface area contributed by atoms with E-state index in [0.29, 0.717) is 25.3 Å². The molecule has 0 saturated heterocycles. The van der Waals surface area contributed by atoms with Crippen molar-refractivity contribution in [1.82, 2.24) is 0 Å². The molecule has 0 fully saturated rings. The van der Waals surface area contributed by atoms with E-state index in [1.54, 1.807) is 0 Å². The first-order chi connectivity index (χ1) is 9.31. The molecule has 0 saturated carbocycles. The number of hydrogen-bond donors (Lipinski definition) is 1. The summed E-state index contributed by atoms with van der Waals surface area (Å²) in [6.07, 6.45) is 1.92. The van der Waals surface area contributed by atoms with Crippen LogP contribution in [-0.4, -0.2) is 25.5 Å². The fourth-order valence-electron chi connectivity index (χ4n) is 2.48. The largest absolute Gasteiger partial charge is 0.375 e. The number of ether oxygens (including phenoxy) is 1. The summed E-state index contributed by atoms with van der Waals surface area (Å²) in [6.45, 7) is 1.25. The van der Waals surface area contributed by atoms with Crippen molar-refractivity contribution < 1.29 is 9.53 Å². The average molecular weight is 290 g/mol. The molecule has 0 aromatic heterocycles. The highest BCUT2D eigenvalue weighted by Crippen LogP contribution is 2.31. The normalized spacial score (nSPS) is 13.1. The van der Waals surface area contributed by atoms with Crippen molar-refractivity contribution in [1.29, 1.82) is 0 Å². The van der Waals surface area contributed by atoms with Crippen molar-refractivity contribution in [2.75, 3.05) is 19.8 Å². The lowest BCUT2D eigenvalue weighted by Gasteiger charge is -2.16. The van der Waals surface area contributed by atoms with E-state index in [0.717, 1.165) is 21.9 Å². The molecular weight excluding hydrogens is 274 g/mol. The van der Waals surface area contributed by atoms with Crippen LogP contribution in [0, 0.1) is 0 Å². The van der Waals surface area contributed by atoms with Gasteiger partial charge in [-0.25, -0.2) is 0 Å². The second kappa shape index (κ2) is 6.18. The van der Waals surface area contributed by atoms with Gasteiger partial charge in [0, 0.05) is 23.1 Å². The topological polar surface area (TPSA) is 52.3 Å². The van der Waals surface area contributed by atoms with Crippen LogP contribution in [0.3, 0.4) is 0 Å². The number of ketones is 1. The lowest BCUT2D eigenvalue weighted by atomic mass is 9.88. The van der Waals surface area contributed by atoms with E-state index in [1.807, 2.05) is 42.5 Å². The van der Waals surface area contributed by atoms with Crippen molar-refractivity contribution >= 4 is 35.0 Å². The van der Waals surface area contributed by atoms with Gasteiger partial charge in [-0.05, 0) is 17.0 Å². The summed E-state index contributed by atoms with van der Waals surface area (Å²) in [7, 11) is 0. The Morgan fingerprint density at radius 1 is 1.10 bits per heavy atom. The minimum Gasteiger partial charge on any atom is -0.375 e. The van der Waals surface area contributed by atoms with Crippen LogP contribution >= 0.6 is 12.4 Å². The summed E-state index contributed by atoms with van der Waals surface area (Å²) >= 11 is 0. The molecule has 0 spiro atoms. The highest BCUT2D eigenvalue weighted by molar-refractivity contribution is 6.22. The summed E-state index contributed by atoms with van der Waals surface area (Å²) < 4.78 is 5.39. The highest BCUT2D eigenvalue weighted by atomic mass is 35.5. The van der Waals surface area contributed by atoms with Gasteiger partial charge in [-0.3, -0.25) is 4.79 Å². The third-order valence-electron chi connectivity index (χ3n) is 3.32. The number of carbonyl (C=O) groups excluding carboxylic acids is 1. The van der Waals surface area contributed by atoms with Crippen LogP contribution in [0.5, 0.6) is 0 Å². The molecule has 3 rings (SSSR count). The minimum absolute atomic E-state index is 0. The van der Waals surface area contributed by atoms with E-state index >= 15 is 0 Å². The number of nitrogens with two attached hydrogens (primary N) is 1. The molecule has 0 radical (unpaired) electrons. The van der Waals surface area contributed by atoms with Gasteiger partial charge in [0.2, 0.25) is 0 Å². The van der Waals surface area contributed by atoms with Crippen LogP contribution in [0.25, 0.3) is 16.8 Å². The molecule has 104 valence electrons. The zero-order valence-electron chi connectivity index (χ0n) is 11.0. The maximum absolute atomic E-state index is 12.4. The van der Waals surface area contributed by atoms with Crippen LogP contribution < -0.4 is 5.73 Å². The predicted octanol–water partition coefficient (Wildman–Crippen LogP) is 2.82. The Labute approximate surface area is 123 Å². The van der Waals surface area contributed by atoms with E-state index < -0.39 is 0 Å². The van der Waals surface area contributed by atoms with Gasteiger partial charge in [-0.2, -0.15) is 0 Å². The van der Waals surface area contributed by atoms with Gasteiger partial charge in [-0.15, -0.1) is 12.4 Å². The first-order valence-electron chi connectivity index (χ1n) is 6.36. The molecule has 1 aliphatic rings. The Morgan fingerprint density at radius 2 is 1.85 bits per heavy atom. The molecule has 0 amide bonds. The Bertz CT molecular complexity index is 674. The Hall–Kier alpha value is -1.68. The third kappa shape index (κ3) is 2.48. The Balaban J connectivity index is 0.00000147. The lowest BCUT2D eigenvalue weighted by Crippen LogP contribution is -2.16. The molecular formula is C16H16ClNO2. The van der Waals surface area contributed by atoms with E-state index in [-0.39, 0.29) is 18.2 Å². The minimum atomic E-state index is 0. The molecule has 0 atom stereocenters. The van der Waals surface area contributed by atoms with Crippen molar-refractivity contribution in [2.45, 2.75) is 0 Å². The summed E-state index contributed by atoms with van der Waals surface area (Å²) in [6, 6.07) is 11.9. The van der Waals surface area contributed by atoms with Crippen molar-refractivity contribution in [3.8, 4) is 0 Å². The Kier molecular flexibility index (Phi) is 4.55. The fraction of sp³-hybridized carbons (Fsp3) is 0.188.